The van der Waals surface area contributed by atoms with Crippen molar-refractivity contribution in [2.45, 2.75) is 90.0 Å². The molecule has 18 heavy (non-hydrogen) atoms. The molecule has 0 saturated heterocycles. The highest BCUT2D eigenvalue weighted by molar-refractivity contribution is 5.81. The molecule has 0 aromatic rings. The maximum absolute atomic E-state index is 5.48. The van der Waals surface area contributed by atoms with E-state index in [4.69, 9.17) is 5.84 Å². The van der Waals surface area contributed by atoms with Gasteiger partial charge in [0.1, 0.15) is 5.84 Å². The van der Waals surface area contributed by atoms with E-state index in [1.165, 1.54) is 70.6 Å². The van der Waals surface area contributed by atoms with Crippen LogP contribution in [0.25, 0.3) is 0 Å². The summed E-state index contributed by atoms with van der Waals surface area (Å²) in [6, 6.07) is 0.578. The van der Waals surface area contributed by atoms with Crippen LogP contribution in [0.3, 0.4) is 0 Å². The van der Waals surface area contributed by atoms with Gasteiger partial charge in [-0.25, -0.2) is 5.84 Å². The van der Waals surface area contributed by atoms with Crippen molar-refractivity contribution in [3.8, 4) is 0 Å². The van der Waals surface area contributed by atoms with Crippen LogP contribution < -0.4 is 11.3 Å². The fraction of sp³-hybridized carbons (Fsp3) is 0.933. The molecule has 3 nitrogen and oxygen atoms in total. The molecule has 0 amide bonds. The van der Waals surface area contributed by atoms with E-state index in [1.54, 1.807) is 0 Å². The smallest absolute Gasteiger partial charge is 0.111 e. The van der Waals surface area contributed by atoms with Crippen LogP contribution in [-0.4, -0.2) is 11.9 Å². The molecule has 3 N–H and O–H groups in total. The largest absolute Gasteiger partial charge is 0.312 e. The zero-order valence-electron chi connectivity index (χ0n) is 12.1. The summed E-state index contributed by atoms with van der Waals surface area (Å²) in [5, 5.41) is 0. The molecular weight excluding hydrogens is 222 g/mol. The third kappa shape index (κ3) is 8.51. The van der Waals surface area contributed by atoms with Gasteiger partial charge in [-0.05, 0) is 19.3 Å². The number of amidine groups is 1. The van der Waals surface area contributed by atoms with Gasteiger partial charge in [0.05, 0.1) is 6.04 Å². The Labute approximate surface area is 113 Å². The molecule has 3 heteroatoms. The Balaban J connectivity index is 1.85. The lowest BCUT2D eigenvalue weighted by atomic mass is 10.1. The van der Waals surface area contributed by atoms with E-state index in [2.05, 4.69) is 17.3 Å². The normalized spacial score (nSPS) is 16.0. The summed E-state index contributed by atoms with van der Waals surface area (Å²) in [5.74, 6) is 6.49. The molecule has 0 aliphatic heterocycles. The standard InChI is InChI=1S/C15H31N3/c1-2-3-4-5-6-7-8-9-10-11-15(18-16)17-14-12-13-14/h14H,2-13,16H2,1H3,(H,17,18). The topological polar surface area (TPSA) is 50.4 Å². The highest BCUT2D eigenvalue weighted by Gasteiger charge is 2.20. The summed E-state index contributed by atoms with van der Waals surface area (Å²) in [6.07, 6.45) is 15.9. The Morgan fingerprint density at radius 2 is 1.56 bits per heavy atom. The molecule has 0 aromatic carbocycles. The van der Waals surface area contributed by atoms with E-state index in [-0.39, 0.29) is 0 Å². The Morgan fingerprint density at radius 3 is 2.06 bits per heavy atom. The number of hydrazine groups is 1. The number of aliphatic imine (C=N–C) groups is 1. The summed E-state index contributed by atoms with van der Waals surface area (Å²) in [7, 11) is 0. The second kappa shape index (κ2) is 10.4. The van der Waals surface area contributed by atoms with Gasteiger partial charge in [-0.2, -0.15) is 0 Å². The van der Waals surface area contributed by atoms with E-state index < -0.39 is 0 Å². The highest BCUT2D eigenvalue weighted by Crippen LogP contribution is 2.23. The van der Waals surface area contributed by atoms with Crippen LogP contribution in [0.15, 0.2) is 4.99 Å². The van der Waals surface area contributed by atoms with Gasteiger partial charge in [0.15, 0.2) is 0 Å². The molecule has 1 aliphatic rings. The maximum atomic E-state index is 5.48. The van der Waals surface area contributed by atoms with E-state index in [0.717, 1.165) is 12.3 Å². The minimum atomic E-state index is 0.578. The van der Waals surface area contributed by atoms with E-state index >= 15 is 0 Å². The molecule has 106 valence electrons. The van der Waals surface area contributed by atoms with Crippen molar-refractivity contribution in [1.82, 2.24) is 5.43 Å². The third-order valence-electron chi connectivity index (χ3n) is 3.57. The summed E-state index contributed by atoms with van der Waals surface area (Å²) in [4.78, 5) is 4.55. The van der Waals surface area contributed by atoms with Gasteiger partial charge in [0, 0.05) is 6.42 Å². The zero-order valence-corrected chi connectivity index (χ0v) is 12.1. The molecule has 1 saturated carbocycles. The van der Waals surface area contributed by atoms with Gasteiger partial charge >= 0.3 is 0 Å². The zero-order chi connectivity index (χ0) is 13.1. The molecule has 0 heterocycles. The molecule has 0 atom stereocenters. The first-order valence-corrected chi connectivity index (χ1v) is 7.90. The molecule has 0 unspecified atom stereocenters. The fourth-order valence-corrected chi connectivity index (χ4v) is 2.20. The van der Waals surface area contributed by atoms with Crippen molar-refractivity contribution >= 4 is 5.84 Å². The molecule has 1 aliphatic carbocycles. The Kier molecular flexibility index (Phi) is 8.92. The van der Waals surface area contributed by atoms with Crippen LogP contribution in [-0.2, 0) is 0 Å². The van der Waals surface area contributed by atoms with Gasteiger partial charge in [0.25, 0.3) is 0 Å². The number of hydrogen-bond acceptors (Lipinski definition) is 2. The van der Waals surface area contributed by atoms with Crippen molar-refractivity contribution in [2.75, 3.05) is 0 Å². The van der Waals surface area contributed by atoms with Crippen LogP contribution in [0.1, 0.15) is 84.0 Å². The lowest BCUT2D eigenvalue weighted by Gasteiger charge is -2.05. The van der Waals surface area contributed by atoms with Gasteiger partial charge in [-0.15, -0.1) is 0 Å². The molecule has 0 bridgehead atoms. The number of unbranched alkanes of at least 4 members (excludes halogenated alkanes) is 8. The predicted octanol–water partition coefficient (Wildman–Crippen LogP) is 3.93. The summed E-state index contributed by atoms with van der Waals surface area (Å²) >= 11 is 0. The second-order valence-electron chi connectivity index (χ2n) is 5.53. The average molecular weight is 253 g/mol. The molecule has 1 rings (SSSR count). The van der Waals surface area contributed by atoms with Crippen LogP contribution in [0.4, 0.5) is 0 Å². The third-order valence-corrected chi connectivity index (χ3v) is 3.57. The summed E-state index contributed by atoms with van der Waals surface area (Å²) in [6.45, 7) is 2.27. The number of nitrogens with zero attached hydrogens (tertiary/aromatic N) is 1. The second-order valence-corrected chi connectivity index (χ2v) is 5.53. The first kappa shape index (κ1) is 15.5. The van der Waals surface area contributed by atoms with Gasteiger partial charge < -0.3 is 5.43 Å². The van der Waals surface area contributed by atoms with Crippen molar-refractivity contribution < 1.29 is 0 Å². The minimum absolute atomic E-state index is 0.578. The van der Waals surface area contributed by atoms with Crippen LogP contribution in [0, 0.1) is 0 Å². The average Bonchev–Trinajstić information content (AvgIpc) is 3.19. The maximum Gasteiger partial charge on any atom is 0.111 e. The van der Waals surface area contributed by atoms with Gasteiger partial charge in [-0.3, -0.25) is 4.99 Å². The van der Waals surface area contributed by atoms with Crippen molar-refractivity contribution in [1.29, 1.82) is 0 Å². The number of rotatable bonds is 11. The lowest BCUT2D eigenvalue weighted by molar-refractivity contribution is 0.567. The number of hydrogen-bond donors (Lipinski definition) is 2. The molecular formula is C15H31N3. The summed E-state index contributed by atoms with van der Waals surface area (Å²) < 4.78 is 0. The predicted molar refractivity (Wildman–Crippen MR) is 79.6 cm³/mol. The quantitative estimate of drug-likeness (QED) is 0.193. The Hall–Kier alpha value is -0.570. The van der Waals surface area contributed by atoms with Crippen LogP contribution >= 0.6 is 0 Å². The monoisotopic (exact) mass is 253 g/mol. The number of nitrogens with one attached hydrogen (secondary N) is 1. The molecule has 0 radical (unpaired) electrons. The van der Waals surface area contributed by atoms with Crippen molar-refractivity contribution in [3.63, 3.8) is 0 Å². The van der Waals surface area contributed by atoms with Crippen molar-refractivity contribution in [3.05, 3.63) is 0 Å². The van der Waals surface area contributed by atoms with Crippen molar-refractivity contribution in [2.24, 2.45) is 10.8 Å². The SMILES string of the molecule is CCCCCCCCCCCC(=NC1CC1)NN. The first-order valence-electron chi connectivity index (χ1n) is 7.90. The first-order chi connectivity index (χ1) is 8.86. The van der Waals surface area contributed by atoms with Crippen LogP contribution in [0.5, 0.6) is 0 Å². The summed E-state index contributed by atoms with van der Waals surface area (Å²) in [5.41, 5.74) is 2.75. The van der Waals surface area contributed by atoms with Gasteiger partial charge in [0.2, 0.25) is 0 Å². The van der Waals surface area contributed by atoms with E-state index in [0.29, 0.717) is 6.04 Å². The minimum Gasteiger partial charge on any atom is -0.312 e. The Bertz CT molecular complexity index is 222. The molecule has 0 aromatic heterocycles. The highest BCUT2D eigenvalue weighted by atomic mass is 15.3. The fourth-order valence-electron chi connectivity index (χ4n) is 2.20. The number of nitrogens with two attached hydrogens (primary N) is 1. The van der Waals surface area contributed by atoms with Gasteiger partial charge in [-0.1, -0.05) is 58.3 Å². The molecule has 0 spiro atoms. The van der Waals surface area contributed by atoms with E-state index in [1.807, 2.05) is 0 Å². The lowest BCUT2D eigenvalue weighted by Crippen LogP contribution is -2.30. The van der Waals surface area contributed by atoms with E-state index in [9.17, 15) is 0 Å². The Morgan fingerprint density at radius 1 is 1.00 bits per heavy atom. The molecule has 1 fully saturated rings. The van der Waals surface area contributed by atoms with Crippen LogP contribution in [0.2, 0.25) is 0 Å².